The zero-order valence-corrected chi connectivity index (χ0v) is 13.9. The Morgan fingerprint density at radius 1 is 1.23 bits per heavy atom. The molecule has 22 heavy (non-hydrogen) atoms. The highest BCUT2D eigenvalue weighted by Gasteiger charge is 2.32. The molecule has 3 heteroatoms. The summed E-state index contributed by atoms with van der Waals surface area (Å²) in [5.41, 5.74) is 2.23. The highest BCUT2D eigenvalue weighted by molar-refractivity contribution is 5.67. The van der Waals surface area contributed by atoms with Gasteiger partial charge in [-0.1, -0.05) is 32.1 Å². The number of piperazine rings is 1. The average Bonchev–Trinajstić information content (AvgIpc) is 2.60. The molecule has 0 spiro atoms. The third-order valence-corrected chi connectivity index (χ3v) is 5.38. The highest BCUT2D eigenvalue weighted by atomic mass is 16.5. The van der Waals surface area contributed by atoms with Crippen LogP contribution >= 0.6 is 0 Å². The van der Waals surface area contributed by atoms with Crippen LogP contribution < -0.4 is 4.74 Å². The molecular formula is C19H28N2O. The van der Waals surface area contributed by atoms with Crippen LogP contribution in [0.25, 0.3) is 5.70 Å². The van der Waals surface area contributed by atoms with E-state index in [1.165, 1.54) is 25.8 Å². The second kappa shape index (κ2) is 6.74. The summed E-state index contributed by atoms with van der Waals surface area (Å²) in [4.78, 5) is 5.15. The molecule has 1 aromatic carbocycles. The van der Waals surface area contributed by atoms with Gasteiger partial charge in [0.1, 0.15) is 5.75 Å². The lowest BCUT2D eigenvalue weighted by Crippen LogP contribution is -2.55. The summed E-state index contributed by atoms with van der Waals surface area (Å²) in [5, 5.41) is 0. The third kappa shape index (κ3) is 3.00. The molecule has 2 fully saturated rings. The Morgan fingerprint density at radius 3 is 2.82 bits per heavy atom. The number of hydrogen-bond acceptors (Lipinski definition) is 3. The maximum absolute atomic E-state index is 5.49. The van der Waals surface area contributed by atoms with E-state index in [4.69, 9.17) is 4.74 Å². The van der Waals surface area contributed by atoms with Crippen LogP contribution in [0.15, 0.2) is 30.8 Å². The smallest absolute Gasteiger partial charge is 0.128 e. The summed E-state index contributed by atoms with van der Waals surface area (Å²) in [5.74, 6) is 1.82. The largest absolute Gasteiger partial charge is 0.496 e. The Bertz CT molecular complexity index is 528. The van der Waals surface area contributed by atoms with Gasteiger partial charge in [0, 0.05) is 43.5 Å². The number of hydrogen-bond donors (Lipinski definition) is 0. The van der Waals surface area contributed by atoms with Gasteiger partial charge in [-0.2, -0.15) is 0 Å². The fourth-order valence-corrected chi connectivity index (χ4v) is 3.89. The molecule has 1 aromatic rings. The summed E-state index contributed by atoms with van der Waals surface area (Å²) in [7, 11) is 1.73. The predicted octanol–water partition coefficient (Wildman–Crippen LogP) is 3.47. The van der Waals surface area contributed by atoms with Crippen molar-refractivity contribution in [1.29, 1.82) is 0 Å². The van der Waals surface area contributed by atoms with Gasteiger partial charge in [-0.05, 0) is 30.9 Å². The normalized spacial score (nSPS) is 25.6. The van der Waals surface area contributed by atoms with Crippen molar-refractivity contribution in [3.63, 3.8) is 0 Å². The minimum absolute atomic E-state index is 0.697. The number of nitrogens with zero attached hydrogens (tertiary/aromatic N) is 2. The molecule has 2 atom stereocenters. The molecule has 0 amide bonds. The molecule has 2 heterocycles. The minimum Gasteiger partial charge on any atom is -0.496 e. The van der Waals surface area contributed by atoms with E-state index in [0.29, 0.717) is 6.04 Å². The molecule has 0 N–H and O–H groups in total. The first-order valence-corrected chi connectivity index (χ1v) is 8.54. The third-order valence-electron chi connectivity index (χ3n) is 5.38. The summed E-state index contributed by atoms with van der Waals surface area (Å²) >= 11 is 0. The van der Waals surface area contributed by atoms with Crippen molar-refractivity contribution in [2.75, 3.05) is 33.3 Å². The predicted molar refractivity (Wildman–Crippen MR) is 92.0 cm³/mol. The number of rotatable bonds is 4. The fourth-order valence-electron chi connectivity index (χ4n) is 3.89. The van der Waals surface area contributed by atoms with E-state index in [2.05, 4.69) is 35.4 Å². The number of ether oxygens (including phenoxy) is 1. The first-order valence-electron chi connectivity index (χ1n) is 8.54. The summed E-state index contributed by atoms with van der Waals surface area (Å²) in [6.07, 6.45) is 4.03. The Balaban J connectivity index is 1.68. The lowest BCUT2D eigenvalue weighted by atomic mass is 9.89. The van der Waals surface area contributed by atoms with Crippen LogP contribution in [0.5, 0.6) is 5.75 Å². The maximum atomic E-state index is 5.49. The number of fused-ring (bicyclic) bond motifs is 1. The van der Waals surface area contributed by atoms with Crippen LogP contribution in [0, 0.1) is 5.92 Å². The molecular weight excluding hydrogens is 272 g/mol. The SMILES string of the molecule is C=C(c1ccccc1OC)N1CCN2C[C@H](CC)CC[C@H]2C1. The van der Waals surface area contributed by atoms with E-state index >= 15 is 0 Å². The molecule has 0 saturated carbocycles. The van der Waals surface area contributed by atoms with E-state index in [9.17, 15) is 0 Å². The van der Waals surface area contributed by atoms with Crippen LogP contribution in [0.3, 0.4) is 0 Å². The van der Waals surface area contributed by atoms with Gasteiger partial charge in [-0.3, -0.25) is 4.90 Å². The molecule has 120 valence electrons. The second-order valence-electron chi connectivity index (χ2n) is 6.59. The molecule has 0 aliphatic carbocycles. The molecule has 3 rings (SSSR count). The van der Waals surface area contributed by atoms with Crippen LogP contribution in [0.1, 0.15) is 31.7 Å². The van der Waals surface area contributed by atoms with Crippen LogP contribution in [0.4, 0.5) is 0 Å². The van der Waals surface area contributed by atoms with E-state index in [0.717, 1.165) is 42.6 Å². The van der Waals surface area contributed by atoms with Crippen molar-refractivity contribution in [2.45, 2.75) is 32.2 Å². The first kappa shape index (κ1) is 15.4. The lowest BCUT2D eigenvalue weighted by Gasteiger charge is -2.47. The zero-order valence-electron chi connectivity index (χ0n) is 13.9. The van der Waals surface area contributed by atoms with E-state index in [1.54, 1.807) is 7.11 Å². The number of benzene rings is 1. The number of methoxy groups -OCH3 is 1. The van der Waals surface area contributed by atoms with E-state index in [-0.39, 0.29) is 0 Å². The average molecular weight is 300 g/mol. The summed E-state index contributed by atoms with van der Waals surface area (Å²) in [6, 6.07) is 8.90. The molecule has 0 unspecified atom stereocenters. The van der Waals surface area contributed by atoms with Crippen molar-refractivity contribution >= 4 is 5.70 Å². The molecule has 0 radical (unpaired) electrons. The van der Waals surface area contributed by atoms with E-state index < -0.39 is 0 Å². The highest BCUT2D eigenvalue weighted by Crippen LogP contribution is 2.32. The molecule has 2 saturated heterocycles. The molecule has 0 aromatic heterocycles. The molecule has 0 bridgehead atoms. The van der Waals surface area contributed by atoms with Gasteiger partial charge in [0.25, 0.3) is 0 Å². The fraction of sp³-hybridized carbons (Fsp3) is 0.579. The summed E-state index contributed by atoms with van der Waals surface area (Å²) < 4.78 is 5.49. The van der Waals surface area contributed by atoms with Crippen molar-refractivity contribution in [2.24, 2.45) is 5.92 Å². The minimum atomic E-state index is 0.697. The van der Waals surface area contributed by atoms with Gasteiger partial charge in [0.15, 0.2) is 0 Å². The van der Waals surface area contributed by atoms with Gasteiger partial charge in [0.05, 0.1) is 7.11 Å². The van der Waals surface area contributed by atoms with Crippen molar-refractivity contribution in [1.82, 2.24) is 9.80 Å². The Hall–Kier alpha value is -1.48. The van der Waals surface area contributed by atoms with Gasteiger partial charge in [0.2, 0.25) is 0 Å². The standard InChI is InChI=1S/C19H28N2O/c1-4-16-9-10-17-14-20(11-12-21(17)13-16)15(2)18-7-5-6-8-19(18)22-3/h5-8,16-17H,2,4,9-14H2,1,3H3/t16-,17+/m1/s1. The monoisotopic (exact) mass is 300 g/mol. The van der Waals surface area contributed by atoms with Crippen LogP contribution in [-0.2, 0) is 0 Å². The number of para-hydroxylation sites is 1. The van der Waals surface area contributed by atoms with Crippen molar-refractivity contribution in [3.05, 3.63) is 36.4 Å². The quantitative estimate of drug-likeness (QED) is 0.847. The molecule has 2 aliphatic rings. The lowest BCUT2D eigenvalue weighted by molar-refractivity contribution is 0.0489. The Labute approximate surface area is 134 Å². The van der Waals surface area contributed by atoms with Crippen LogP contribution in [-0.4, -0.2) is 49.1 Å². The van der Waals surface area contributed by atoms with E-state index in [1.807, 2.05) is 12.1 Å². The van der Waals surface area contributed by atoms with Gasteiger partial charge >= 0.3 is 0 Å². The number of piperidine rings is 1. The second-order valence-corrected chi connectivity index (χ2v) is 6.59. The first-order chi connectivity index (χ1) is 10.7. The Kier molecular flexibility index (Phi) is 4.72. The van der Waals surface area contributed by atoms with Crippen LogP contribution in [0.2, 0.25) is 0 Å². The molecule has 3 nitrogen and oxygen atoms in total. The summed E-state index contributed by atoms with van der Waals surface area (Å²) in [6.45, 7) is 11.3. The van der Waals surface area contributed by atoms with Crippen molar-refractivity contribution in [3.8, 4) is 5.75 Å². The van der Waals surface area contributed by atoms with Crippen molar-refractivity contribution < 1.29 is 4.74 Å². The zero-order chi connectivity index (χ0) is 15.5. The molecule has 2 aliphatic heterocycles. The van der Waals surface area contributed by atoms with Gasteiger partial charge < -0.3 is 9.64 Å². The Morgan fingerprint density at radius 2 is 2.05 bits per heavy atom. The van der Waals surface area contributed by atoms with Gasteiger partial charge in [-0.25, -0.2) is 0 Å². The topological polar surface area (TPSA) is 15.7 Å². The van der Waals surface area contributed by atoms with Gasteiger partial charge in [-0.15, -0.1) is 0 Å². The maximum Gasteiger partial charge on any atom is 0.128 e.